The fourth-order valence-electron chi connectivity index (χ4n) is 1.04. The fourth-order valence-corrected chi connectivity index (χ4v) is 1.04. The van der Waals surface area contributed by atoms with Gasteiger partial charge >= 0.3 is 6.36 Å². The van der Waals surface area contributed by atoms with Crippen LogP contribution in [0.15, 0.2) is 18.2 Å². The second-order valence-electron chi connectivity index (χ2n) is 2.81. The van der Waals surface area contributed by atoms with Gasteiger partial charge in [-0.25, -0.2) is 0 Å². The molecule has 2 N–H and O–H groups in total. The normalized spacial score (nSPS) is 11.0. The number of carbonyl (C=O) groups excluding carboxylic acids is 1. The average molecular weight is 235 g/mol. The van der Waals surface area contributed by atoms with Crippen LogP contribution >= 0.6 is 0 Å². The lowest BCUT2D eigenvalue weighted by molar-refractivity contribution is -0.274. The summed E-state index contributed by atoms with van der Waals surface area (Å²) in [7, 11) is 1.27. The molecule has 7 heteroatoms. The predicted molar refractivity (Wildman–Crippen MR) is 48.2 cm³/mol. The maximum absolute atomic E-state index is 12.0. The quantitative estimate of drug-likeness (QED) is 0.819. The Hall–Kier alpha value is -1.92. The standard InChI is InChI=1S/C9H8F3NO3/c1-13-8(15)6-3-2-5(14)4-7(6)16-9(10,11)12/h2-4,14H,1H3,(H,13,15). The van der Waals surface area contributed by atoms with Gasteiger partial charge in [-0.2, -0.15) is 0 Å². The molecule has 0 bridgehead atoms. The third-order valence-corrected chi connectivity index (χ3v) is 1.66. The molecule has 0 aliphatic heterocycles. The van der Waals surface area contributed by atoms with Crippen LogP contribution in [0.4, 0.5) is 13.2 Å². The molecule has 1 aromatic carbocycles. The number of rotatable bonds is 2. The largest absolute Gasteiger partial charge is 0.573 e. The highest BCUT2D eigenvalue weighted by atomic mass is 19.4. The van der Waals surface area contributed by atoms with Crippen molar-refractivity contribution >= 4 is 5.91 Å². The number of ether oxygens (including phenoxy) is 1. The summed E-state index contributed by atoms with van der Waals surface area (Å²) in [6, 6.07) is 2.85. The van der Waals surface area contributed by atoms with Crippen molar-refractivity contribution in [1.82, 2.24) is 5.32 Å². The van der Waals surface area contributed by atoms with Gasteiger partial charge in [0.15, 0.2) is 0 Å². The lowest BCUT2D eigenvalue weighted by Gasteiger charge is -2.12. The Bertz CT molecular complexity index is 403. The van der Waals surface area contributed by atoms with Gasteiger partial charge in [0.1, 0.15) is 11.5 Å². The number of alkyl halides is 3. The maximum atomic E-state index is 12.0. The SMILES string of the molecule is CNC(=O)c1ccc(O)cc1OC(F)(F)F. The molecule has 4 nitrogen and oxygen atoms in total. The molecule has 0 aliphatic rings. The number of aromatic hydroxyl groups is 1. The molecule has 0 heterocycles. The second-order valence-corrected chi connectivity index (χ2v) is 2.81. The average Bonchev–Trinajstić information content (AvgIpc) is 2.14. The molecule has 0 saturated carbocycles. The molecule has 1 rings (SSSR count). The van der Waals surface area contributed by atoms with E-state index in [1.54, 1.807) is 0 Å². The van der Waals surface area contributed by atoms with Crippen LogP contribution in [0.5, 0.6) is 11.5 Å². The zero-order valence-corrected chi connectivity index (χ0v) is 8.13. The number of nitrogens with one attached hydrogen (secondary N) is 1. The van der Waals surface area contributed by atoms with Crippen molar-refractivity contribution < 1.29 is 27.8 Å². The van der Waals surface area contributed by atoms with Crippen molar-refractivity contribution in [3.63, 3.8) is 0 Å². The molecule has 0 aliphatic carbocycles. The third kappa shape index (κ3) is 3.04. The van der Waals surface area contributed by atoms with E-state index in [0.717, 1.165) is 18.2 Å². The lowest BCUT2D eigenvalue weighted by Crippen LogP contribution is -2.23. The minimum atomic E-state index is -4.92. The van der Waals surface area contributed by atoms with Crippen molar-refractivity contribution in [3.8, 4) is 11.5 Å². The highest BCUT2D eigenvalue weighted by Gasteiger charge is 2.33. The minimum absolute atomic E-state index is 0.308. The van der Waals surface area contributed by atoms with E-state index in [9.17, 15) is 18.0 Å². The molecule has 0 spiro atoms. The van der Waals surface area contributed by atoms with Crippen LogP contribution in [0.2, 0.25) is 0 Å². The van der Waals surface area contributed by atoms with Crippen molar-refractivity contribution in [2.75, 3.05) is 7.05 Å². The van der Waals surface area contributed by atoms with Gasteiger partial charge in [-0.05, 0) is 12.1 Å². The van der Waals surface area contributed by atoms with Crippen molar-refractivity contribution in [2.24, 2.45) is 0 Å². The molecule has 88 valence electrons. The van der Waals surface area contributed by atoms with Crippen LogP contribution in [-0.2, 0) is 0 Å². The summed E-state index contributed by atoms with van der Waals surface area (Å²) in [4.78, 5) is 11.2. The smallest absolute Gasteiger partial charge is 0.508 e. The number of phenols is 1. The monoisotopic (exact) mass is 235 g/mol. The van der Waals surface area contributed by atoms with Gasteiger partial charge < -0.3 is 15.2 Å². The topological polar surface area (TPSA) is 58.6 Å². The molecule has 0 saturated heterocycles. The first kappa shape index (κ1) is 12.2. The van der Waals surface area contributed by atoms with E-state index in [4.69, 9.17) is 5.11 Å². The van der Waals surface area contributed by atoms with Gasteiger partial charge in [0.25, 0.3) is 5.91 Å². The van der Waals surface area contributed by atoms with Crippen molar-refractivity contribution in [2.45, 2.75) is 6.36 Å². The molecule has 1 amide bonds. The molecule has 0 radical (unpaired) electrons. The van der Waals surface area contributed by atoms with Crippen LogP contribution < -0.4 is 10.1 Å². The molecule has 0 fully saturated rings. The summed E-state index contributed by atoms with van der Waals surface area (Å²) in [6.45, 7) is 0. The number of halogens is 3. The van der Waals surface area contributed by atoms with Gasteiger partial charge in [0.05, 0.1) is 5.56 Å². The van der Waals surface area contributed by atoms with Gasteiger partial charge in [0, 0.05) is 13.1 Å². The fraction of sp³-hybridized carbons (Fsp3) is 0.222. The summed E-state index contributed by atoms with van der Waals surface area (Å²) < 4.78 is 39.6. The first-order valence-electron chi connectivity index (χ1n) is 4.14. The Labute approximate surface area is 88.6 Å². The van der Waals surface area contributed by atoms with E-state index >= 15 is 0 Å². The Kier molecular flexibility index (Phi) is 3.26. The third-order valence-electron chi connectivity index (χ3n) is 1.66. The minimum Gasteiger partial charge on any atom is -0.508 e. The van der Waals surface area contributed by atoms with E-state index in [-0.39, 0.29) is 5.56 Å². The zero-order chi connectivity index (χ0) is 12.3. The van der Waals surface area contributed by atoms with Crippen LogP contribution in [0, 0.1) is 0 Å². The molecule has 0 aromatic heterocycles. The van der Waals surface area contributed by atoms with E-state index in [0.29, 0.717) is 0 Å². The van der Waals surface area contributed by atoms with Crippen LogP contribution in [-0.4, -0.2) is 24.4 Å². The molecular weight excluding hydrogens is 227 g/mol. The maximum Gasteiger partial charge on any atom is 0.573 e. The van der Waals surface area contributed by atoms with Crippen LogP contribution in [0.3, 0.4) is 0 Å². The van der Waals surface area contributed by atoms with Crippen molar-refractivity contribution in [3.05, 3.63) is 23.8 Å². The van der Waals surface area contributed by atoms with Crippen LogP contribution in [0.1, 0.15) is 10.4 Å². The molecule has 0 unspecified atom stereocenters. The van der Waals surface area contributed by atoms with Gasteiger partial charge in [-0.15, -0.1) is 13.2 Å². The summed E-state index contributed by atoms with van der Waals surface area (Å²) in [6.07, 6.45) is -4.92. The van der Waals surface area contributed by atoms with Crippen molar-refractivity contribution in [1.29, 1.82) is 0 Å². The number of amides is 1. The first-order valence-corrected chi connectivity index (χ1v) is 4.14. The van der Waals surface area contributed by atoms with E-state index in [1.165, 1.54) is 7.05 Å². The molecule has 1 aromatic rings. The van der Waals surface area contributed by atoms with Crippen LogP contribution in [0.25, 0.3) is 0 Å². The molecule has 0 atom stereocenters. The Balaban J connectivity index is 3.13. The Morgan fingerprint density at radius 2 is 2.06 bits per heavy atom. The highest BCUT2D eigenvalue weighted by molar-refractivity contribution is 5.96. The van der Waals surface area contributed by atoms with Gasteiger partial charge in [-0.3, -0.25) is 4.79 Å². The molecular formula is C9H8F3NO3. The number of hydrogen-bond donors (Lipinski definition) is 2. The lowest BCUT2D eigenvalue weighted by atomic mass is 10.2. The Morgan fingerprint density at radius 3 is 2.56 bits per heavy atom. The van der Waals surface area contributed by atoms with Gasteiger partial charge in [-0.1, -0.05) is 0 Å². The zero-order valence-electron chi connectivity index (χ0n) is 8.13. The second kappa shape index (κ2) is 4.30. The van der Waals surface area contributed by atoms with Gasteiger partial charge in [0.2, 0.25) is 0 Å². The molecule has 16 heavy (non-hydrogen) atoms. The van der Waals surface area contributed by atoms with E-state index in [1.807, 2.05) is 0 Å². The summed E-state index contributed by atoms with van der Waals surface area (Å²) in [5.41, 5.74) is -0.308. The highest BCUT2D eigenvalue weighted by Crippen LogP contribution is 2.29. The summed E-state index contributed by atoms with van der Waals surface area (Å²) in [5, 5.41) is 11.2. The number of benzene rings is 1. The number of carbonyl (C=O) groups is 1. The summed E-state index contributed by atoms with van der Waals surface area (Å²) >= 11 is 0. The number of hydrogen-bond acceptors (Lipinski definition) is 3. The van der Waals surface area contributed by atoms with E-state index < -0.39 is 23.8 Å². The first-order chi connectivity index (χ1) is 7.33. The van der Waals surface area contributed by atoms with E-state index in [2.05, 4.69) is 10.1 Å². The number of phenolic OH excluding ortho intramolecular Hbond substituents is 1. The predicted octanol–water partition coefficient (Wildman–Crippen LogP) is 1.65. The Morgan fingerprint density at radius 1 is 1.44 bits per heavy atom. The summed E-state index contributed by atoms with van der Waals surface area (Å²) in [5.74, 6) is -1.90.